The molecule has 0 aromatic rings. The number of carboxylic acids is 4. The largest absolute Gasteiger partial charge is 0.481 e. The summed E-state index contributed by atoms with van der Waals surface area (Å²) < 4.78 is 0. The highest BCUT2D eigenvalue weighted by Gasteiger charge is 2.42. The fraction of sp³-hybridized carbons (Fsp3) is 0.647. The molecule has 24 N–H and O–H groups in total. The van der Waals surface area contributed by atoms with Crippen LogP contribution in [0.2, 0.25) is 0 Å². The summed E-state index contributed by atoms with van der Waals surface area (Å²) in [6.45, 7) is -0.689. The van der Waals surface area contributed by atoms with Crippen molar-refractivity contribution in [3.63, 3.8) is 0 Å². The Morgan fingerprint density at radius 2 is 0.967 bits per heavy atom. The number of nitrogens with zero attached hydrogens (tertiary/aromatic N) is 2. The van der Waals surface area contributed by atoms with Crippen LogP contribution in [0.1, 0.15) is 90.9 Å². The Morgan fingerprint density at radius 1 is 0.543 bits per heavy atom. The van der Waals surface area contributed by atoms with Crippen LogP contribution in [-0.4, -0.2) is 258 Å². The van der Waals surface area contributed by atoms with Gasteiger partial charge in [0, 0.05) is 31.7 Å². The molecule has 2 saturated heterocycles. The minimum atomic E-state index is -2.12. The lowest BCUT2D eigenvalue weighted by atomic mass is 10.0. The topological polar surface area (TPSA) is 658 Å². The number of guanidine groups is 1. The Balaban J connectivity index is 2.23. The molecule has 514 valence electrons. The Bertz CT molecular complexity index is 2770. The Morgan fingerprint density at radius 3 is 1.37 bits per heavy atom. The Hall–Kier alpha value is -9.51. The molecule has 13 amide bonds. The van der Waals surface area contributed by atoms with Gasteiger partial charge >= 0.3 is 23.9 Å². The minimum Gasteiger partial charge on any atom is -0.481 e. The molecule has 2 rings (SSSR count). The standard InChI is InChI=1S/C51H80N16O24S/c1-21(2)13-28(49(89)67-12-4-6-33(67)48(88)58-24(50(90)91)8-10-36(73)74)62-42(82)26(15-37(75)76)61-47(87)32(20-92)66-46(86)31(19-70)63-41(81)25(14-34(52)71)59-44(84)29(17-68)65-45(85)30(18-69)64-43(83)27(16-38(77)78)60-39(79)22(5-3-11-55-51(53)54)57-40(80)23-7-9-35(72)56-23/h21-33,68-70,92H,3-20H2,1-2H3,(H2,52,71)(H,56,72)(H,57,80)(H,58,88)(H,59,84)(H,60,79)(H,61,87)(H,62,82)(H,63,81)(H,64,83)(H,65,85)(H,66,86)(H,73,74)(H,75,76)(H,77,78)(H,90,91)(H4,53,54,55)/t22-,23-,24-,25-,26-,27-,28-,29-,30-,31-,32-,33-/m0/s1. The smallest absolute Gasteiger partial charge is 0.326 e. The van der Waals surface area contributed by atoms with E-state index in [1.807, 2.05) is 21.3 Å². The number of likely N-dealkylation sites (tertiary alicyclic amines) is 1. The monoisotopic (exact) mass is 1330 g/mol. The molecule has 0 bridgehead atoms. The molecule has 2 aliphatic heterocycles. The maximum Gasteiger partial charge on any atom is 0.326 e. The predicted molar refractivity (Wildman–Crippen MR) is 313 cm³/mol. The van der Waals surface area contributed by atoms with E-state index in [9.17, 15) is 112 Å². The zero-order valence-electron chi connectivity index (χ0n) is 49.9. The lowest BCUT2D eigenvalue weighted by Gasteiger charge is -2.31. The molecule has 2 heterocycles. The summed E-state index contributed by atoms with van der Waals surface area (Å²) in [7, 11) is 0. The number of carbonyl (C=O) groups is 17. The lowest BCUT2D eigenvalue weighted by molar-refractivity contribution is -0.146. The van der Waals surface area contributed by atoms with Crippen molar-refractivity contribution in [3.05, 3.63) is 0 Å². The highest BCUT2D eigenvalue weighted by molar-refractivity contribution is 7.80. The molecule has 0 spiro atoms. The molecule has 2 fully saturated rings. The van der Waals surface area contributed by atoms with Gasteiger partial charge in [0.05, 0.1) is 39.1 Å². The second-order valence-corrected chi connectivity index (χ2v) is 21.8. The number of aliphatic hydroxyl groups excluding tert-OH is 3. The van der Waals surface area contributed by atoms with E-state index >= 15 is 0 Å². The van der Waals surface area contributed by atoms with E-state index in [4.69, 9.17) is 22.3 Å². The number of hydrogen-bond acceptors (Lipinski definition) is 22. The van der Waals surface area contributed by atoms with E-state index in [1.165, 1.54) is 0 Å². The molecule has 2 aliphatic rings. The summed E-state index contributed by atoms with van der Waals surface area (Å²) in [5, 5.41) is 92.0. The first-order chi connectivity index (χ1) is 43.2. The quantitative estimate of drug-likeness (QED) is 0.0117. The minimum absolute atomic E-state index is 0.00285. The average Bonchev–Trinajstić information content (AvgIpc) is 1.68. The highest BCUT2D eigenvalue weighted by Crippen LogP contribution is 2.21. The molecule has 92 heavy (non-hydrogen) atoms. The summed E-state index contributed by atoms with van der Waals surface area (Å²) in [5.74, 6) is -22.7. The van der Waals surface area contributed by atoms with E-state index in [0.717, 1.165) is 4.90 Å². The van der Waals surface area contributed by atoms with Gasteiger partial charge in [-0.2, -0.15) is 12.6 Å². The van der Waals surface area contributed by atoms with Crippen molar-refractivity contribution in [2.24, 2.45) is 28.1 Å². The van der Waals surface area contributed by atoms with Gasteiger partial charge in [-0.15, -0.1) is 0 Å². The van der Waals surface area contributed by atoms with Crippen LogP contribution in [0.25, 0.3) is 0 Å². The third-order valence-corrected chi connectivity index (χ3v) is 14.0. The molecular weight excluding hydrogens is 1250 g/mol. The zero-order valence-corrected chi connectivity index (χ0v) is 50.8. The van der Waals surface area contributed by atoms with Crippen LogP contribution < -0.4 is 75.7 Å². The number of amides is 13. The Kier molecular flexibility index (Phi) is 33.2. The van der Waals surface area contributed by atoms with Crippen LogP contribution in [0.4, 0.5) is 0 Å². The van der Waals surface area contributed by atoms with E-state index in [-0.39, 0.29) is 69.9 Å². The van der Waals surface area contributed by atoms with Crippen LogP contribution in [-0.2, 0) is 81.5 Å². The third kappa shape index (κ3) is 26.9. The third-order valence-electron chi connectivity index (χ3n) is 13.6. The molecule has 0 aromatic carbocycles. The molecule has 0 aliphatic carbocycles. The van der Waals surface area contributed by atoms with Crippen LogP contribution in [0.5, 0.6) is 0 Å². The highest BCUT2D eigenvalue weighted by atomic mass is 32.1. The molecule has 40 nitrogen and oxygen atoms in total. The Labute approximate surface area is 528 Å². The van der Waals surface area contributed by atoms with Crippen LogP contribution in [0.3, 0.4) is 0 Å². The number of carboxylic acid groups (broad SMARTS) is 4. The van der Waals surface area contributed by atoms with Crippen molar-refractivity contribution in [2.75, 3.05) is 38.7 Å². The van der Waals surface area contributed by atoms with Gasteiger partial charge in [-0.05, 0) is 50.9 Å². The van der Waals surface area contributed by atoms with Gasteiger partial charge in [0.15, 0.2) is 5.96 Å². The molecule has 41 heteroatoms. The van der Waals surface area contributed by atoms with Gasteiger partial charge in [0.2, 0.25) is 76.8 Å². The molecule has 0 radical (unpaired) electrons. The van der Waals surface area contributed by atoms with Crippen molar-refractivity contribution in [3.8, 4) is 0 Å². The predicted octanol–water partition coefficient (Wildman–Crippen LogP) is -11.1. The van der Waals surface area contributed by atoms with Gasteiger partial charge < -0.3 is 116 Å². The second kappa shape index (κ2) is 38.9. The van der Waals surface area contributed by atoms with E-state index in [0.29, 0.717) is 0 Å². The zero-order chi connectivity index (χ0) is 69.7. The van der Waals surface area contributed by atoms with Gasteiger partial charge in [0.25, 0.3) is 0 Å². The molecule has 0 saturated carbocycles. The van der Waals surface area contributed by atoms with Gasteiger partial charge in [-0.3, -0.25) is 81.7 Å². The molecule has 12 atom stereocenters. The van der Waals surface area contributed by atoms with E-state index in [2.05, 4.69) is 54.8 Å². The fourth-order valence-electron chi connectivity index (χ4n) is 8.98. The number of nitrogens with two attached hydrogens (primary N) is 3. The van der Waals surface area contributed by atoms with Gasteiger partial charge in [0.1, 0.15) is 72.5 Å². The SMILES string of the molecule is CC(C)C[C@H](NC(=O)[C@H](CC(=O)O)NC(=O)[C@H](CS)NC(=O)[C@H](CO)NC(=O)[C@H](CC(N)=O)NC(=O)[C@H](CO)NC(=O)[C@H](CO)NC(=O)[C@H](CC(=O)O)NC(=O)[C@H](CCCN=C(N)N)NC(=O)[C@@H]1CCC(=O)N1)C(=O)N1CCC[C@H]1C(=O)N[C@@H](CCC(=O)O)C(=O)O. The van der Waals surface area contributed by atoms with Gasteiger partial charge in [-0.1, -0.05) is 13.8 Å². The van der Waals surface area contributed by atoms with Crippen LogP contribution in [0.15, 0.2) is 4.99 Å². The van der Waals surface area contributed by atoms with Crippen molar-refractivity contribution in [1.29, 1.82) is 0 Å². The van der Waals surface area contributed by atoms with Crippen LogP contribution >= 0.6 is 12.6 Å². The normalized spacial score (nSPS) is 17.5. The summed E-state index contributed by atoms with van der Waals surface area (Å²) in [5.41, 5.74) is 16.0. The van der Waals surface area contributed by atoms with Crippen molar-refractivity contribution >= 4 is 119 Å². The number of primary amides is 1. The number of nitrogens with one attached hydrogen (secondary N) is 11. The maximum atomic E-state index is 14.0. The summed E-state index contributed by atoms with van der Waals surface area (Å²) in [4.78, 5) is 224. The molecular formula is C51H80N16O24S. The molecule has 0 unspecified atom stereocenters. The number of thiol groups is 1. The summed E-state index contributed by atoms with van der Waals surface area (Å²) >= 11 is 4.03. The van der Waals surface area contributed by atoms with Crippen molar-refractivity contribution in [2.45, 2.75) is 163 Å². The summed E-state index contributed by atoms with van der Waals surface area (Å²) in [6.07, 6.45) is -4.37. The number of aliphatic imine (C=N–C) groups is 1. The first-order valence-electron chi connectivity index (χ1n) is 28.5. The first kappa shape index (κ1) is 78.6. The first-order valence-corrected chi connectivity index (χ1v) is 29.1. The fourth-order valence-corrected chi connectivity index (χ4v) is 9.23. The number of hydrogen-bond donors (Lipinski definition) is 22. The van der Waals surface area contributed by atoms with E-state index in [1.54, 1.807) is 13.8 Å². The average molecular weight is 1330 g/mol. The number of aliphatic hydroxyl groups is 3. The maximum absolute atomic E-state index is 14.0. The van der Waals surface area contributed by atoms with Gasteiger partial charge in [-0.25, -0.2) is 4.79 Å². The van der Waals surface area contributed by atoms with Crippen LogP contribution in [0, 0.1) is 5.92 Å². The summed E-state index contributed by atoms with van der Waals surface area (Å²) in [6, 6.07) is -21.1. The van der Waals surface area contributed by atoms with Crippen molar-refractivity contribution < 1.29 is 117 Å². The number of aliphatic carboxylic acids is 4. The van der Waals surface area contributed by atoms with E-state index < -0.39 is 231 Å². The lowest BCUT2D eigenvalue weighted by Crippen LogP contribution is -2.62. The number of carbonyl (C=O) groups excluding carboxylic acids is 13. The number of rotatable bonds is 41. The van der Waals surface area contributed by atoms with Crippen molar-refractivity contribution in [1.82, 2.24) is 63.4 Å². The molecule has 0 aromatic heterocycles. The second-order valence-electron chi connectivity index (χ2n) is 21.4.